The summed E-state index contributed by atoms with van der Waals surface area (Å²) < 4.78 is 4.91. The van der Waals surface area contributed by atoms with E-state index >= 15 is 0 Å². The van der Waals surface area contributed by atoms with Crippen molar-refractivity contribution in [1.82, 2.24) is 15.6 Å². The van der Waals surface area contributed by atoms with Crippen LogP contribution in [-0.2, 0) is 20.7 Å². The lowest BCUT2D eigenvalue weighted by Gasteiger charge is -2.17. The van der Waals surface area contributed by atoms with Crippen LogP contribution in [0.5, 0.6) is 0 Å². The smallest absolute Gasteiger partial charge is 0.330 e. The number of benzene rings is 1. The maximum absolute atomic E-state index is 12.8. The first-order valence-corrected chi connectivity index (χ1v) is 11.0. The van der Waals surface area contributed by atoms with Crippen LogP contribution in [0.2, 0.25) is 0 Å². The van der Waals surface area contributed by atoms with Gasteiger partial charge in [0, 0.05) is 35.5 Å². The molecule has 7 nitrogen and oxygen atoms in total. The normalized spacial score (nSPS) is 16.5. The Bertz CT molecular complexity index is 932. The molecule has 2 aromatic rings. The van der Waals surface area contributed by atoms with E-state index in [1.807, 2.05) is 32.0 Å². The van der Waals surface area contributed by atoms with Crippen molar-refractivity contribution >= 4 is 28.7 Å². The van der Waals surface area contributed by atoms with Crippen molar-refractivity contribution in [2.45, 2.75) is 53.0 Å². The van der Waals surface area contributed by atoms with E-state index in [1.54, 1.807) is 13.0 Å². The molecule has 0 unspecified atom stereocenters. The summed E-state index contributed by atoms with van der Waals surface area (Å²) in [7, 11) is 0. The highest BCUT2D eigenvalue weighted by molar-refractivity contribution is 5.98. The third kappa shape index (κ3) is 6.70. The predicted octanol–water partition coefficient (Wildman–Crippen LogP) is 3.50. The average Bonchev–Trinajstić information content (AvgIpc) is 3.39. The molecule has 1 aromatic heterocycles. The molecule has 3 rings (SSSR count). The van der Waals surface area contributed by atoms with Gasteiger partial charge in [-0.3, -0.25) is 9.59 Å². The van der Waals surface area contributed by atoms with Gasteiger partial charge < -0.3 is 20.4 Å². The first-order chi connectivity index (χ1) is 15.0. The molecule has 1 fully saturated rings. The third-order valence-electron chi connectivity index (χ3n) is 5.11. The van der Waals surface area contributed by atoms with Gasteiger partial charge in [-0.2, -0.15) is 0 Å². The Kier molecular flexibility index (Phi) is 9.31. The number of rotatable bonds is 8. The number of nitrogens with one attached hydrogen (secondary N) is 3. The van der Waals surface area contributed by atoms with E-state index in [0.717, 1.165) is 17.3 Å². The standard InChI is InChI=1S/C22H27N3O4.C2H6/c1-3-14-5-7-18-16(11-14)13-19(25-18)22(28)24-17(6-8-20(26)29-4-2)12-15-9-10-23-21(15)27;1-2/h5-8,11,13,15,17,25H,3-4,9-10,12H2,1-2H3,(H,23,27)(H,24,28);1-2H3/b8-6+;/t15-,17+;/m0./s1. The lowest BCUT2D eigenvalue weighted by molar-refractivity contribution is -0.137. The van der Waals surface area contributed by atoms with Crippen molar-refractivity contribution in [3.8, 4) is 0 Å². The van der Waals surface area contributed by atoms with Crippen molar-refractivity contribution in [2.75, 3.05) is 13.2 Å². The number of esters is 1. The number of aromatic nitrogens is 1. The van der Waals surface area contributed by atoms with Crippen LogP contribution >= 0.6 is 0 Å². The van der Waals surface area contributed by atoms with Gasteiger partial charge in [0.25, 0.3) is 5.91 Å². The van der Waals surface area contributed by atoms with Crippen molar-refractivity contribution < 1.29 is 19.1 Å². The van der Waals surface area contributed by atoms with E-state index in [9.17, 15) is 14.4 Å². The number of H-pyrrole nitrogens is 1. The molecule has 2 atom stereocenters. The monoisotopic (exact) mass is 427 g/mol. The van der Waals surface area contributed by atoms with Crippen molar-refractivity contribution in [2.24, 2.45) is 5.92 Å². The molecule has 0 spiro atoms. The topological polar surface area (TPSA) is 100 Å². The maximum Gasteiger partial charge on any atom is 0.330 e. The fourth-order valence-electron chi connectivity index (χ4n) is 3.52. The highest BCUT2D eigenvalue weighted by Gasteiger charge is 2.27. The molecule has 0 bridgehead atoms. The van der Waals surface area contributed by atoms with Crippen LogP contribution in [0.3, 0.4) is 0 Å². The Hall–Kier alpha value is -3.09. The molecular formula is C24H33N3O4. The van der Waals surface area contributed by atoms with Gasteiger partial charge in [-0.25, -0.2) is 4.79 Å². The van der Waals surface area contributed by atoms with Crippen molar-refractivity contribution in [1.29, 1.82) is 0 Å². The van der Waals surface area contributed by atoms with Gasteiger partial charge in [-0.15, -0.1) is 0 Å². The van der Waals surface area contributed by atoms with Crippen LogP contribution in [0, 0.1) is 5.92 Å². The fraction of sp³-hybridized carbons (Fsp3) is 0.458. The summed E-state index contributed by atoms with van der Waals surface area (Å²) in [6.07, 6.45) is 4.96. The number of amides is 2. The first kappa shape index (κ1) is 24.2. The van der Waals surface area contributed by atoms with Gasteiger partial charge in [-0.05, 0) is 49.9 Å². The number of aromatic amines is 1. The molecule has 0 radical (unpaired) electrons. The number of aryl methyl sites for hydroxylation is 1. The highest BCUT2D eigenvalue weighted by Crippen LogP contribution is 2.20. The molecule has 1 saturated heterocycles. The van der Waals surface area contributed by atoms with Crippen LogP contribution in [0.1, 0.15) is 56.6 Å². The van der Waals surface area contributed by atoms with Crippen molar-refractivity contribution in [3.63, 3.8) is 0 Å². The summed E-state index contributed by atoms with van der Waals surface area (Å²) in [5, 5.41) is 6.70. The Morgan fingerprint density at radius 1 is 1.26 bits per heavy atom. The summed E-state index contributed by atoms with van der Waals surface area (Å²) in [5.41, 5.74) is 2.53. The van der Waals surface area contributed by atoms with Crippen LogP contribution < -0.4 is 10.6 Å². The minimum absolute atomic E-state index is 0.0218. The number of carbonyl (C=O) groups is 3. The summed E-state index contributed by atoms with van der Waals surface area (Å²) >= 11 is 0. The Morgan fingerprint density at radius 3 is 2.68 bits per heavy atom. The van der Waals surface area contributed by atoms with Crippen LogP contribution in [0.25, 0.3) is 10.9 Å². The molecule has 2 amide bonds. The minimum atomic E-state index is -0.472. The lowest BCUT2D eigenvalue weighted by Crippen LogP contribution is -2.36. The second-order valence-electron chi connectivity index (χ2n) is 7.16. The zero-order chi connectivity index (χ0) is 22.8. The zero-order valence-corrected chi connectivity index (χ0v) is 18.8. The molecule has 3 N–H and O–H groups in total. The van der Waals surface area contributed by atoms with Gasteiger partial charge in [-0.1, -0.05) is 32.9 Å². The second-order valence-corrected chi connectivity index (χ2v) is 7.16. The van der Waals surface area contributed by atoms with Crippen LogP contribution in [0.15, 0.2) is 36.4 Å². The summed E-state index contributed by atoms with van der Waals surface area (Å²) in [6.45, 7) is 8.72. The van der Waals surface area contributed by atoms with E-state index in [1.165, 1.54) is 11.6 Å². The molecular weight excluding hydrogens is 394 g/mol. The van der Waals surface area contributed by atoms with Gasteiger partial charge in [0.1, 0.15) is 5.69 Å². The summed E-state index contributed by atoms with van der Waals surface area (Å²) in [5.74, 6) is -0.968. The minimum Gasteiger partial charge on any atom is -0.463 e. The molecule has 31 heavy (non-hydrogen) atoms. The van der Waals surface area contributed by atoms with Crippen molar-refractivity contribution in [3.05, 3.63) is 47.7 Å². The van der Waals surface area contributed by atoms with E-state index < -0.39 is 12.0 Å². The van der Waals surface area contributed by atoms with E-state index in [0.29, 0.717) is 25.1 Å². The highest BCUT2D eigenvalue weighted by atomic mass is 16.5. The van der Waals surface area contributed by atoms with Gasteiger partial charge in [0.2, 0.25) is 5.91 Å². The molecule has 2 heterocycles. The molecule has 1 aliphatic heterocycles. The lowest BCUT2D eigenvalue weighted by atomic mass is 9.98. The fourth-order valence-corrected chi connectivity index (χ4v) is 3.52. The predicted molar refractivity (Wildman–Crippen MR) is 122 cm³/mol. The number of fused-ring (bicyclic) bond motifs is 1. The Labute approximate surface area is 183 Å². The van der Waals surface area contributed by atoms with E-state index in [2.05, 4.69) is 28.6 Å². The first-order valence-electron chi connectivity index (χ1n) is 11.0. The quantitative estimate of drug-likeness (QED) is 0.443. The second kappa shape index (κ2) is 11.9. The molecule has 168 valence electrons. The third-order valence-corrected chi connectivity index (χ3v) is 5.11. The summed E-state index contributed by atoms with van der Waals surface area (Å²) in [4.78, 5) is 39.6. The summed E-state index contributed by atoms with van der Waals surface area (Å²) in [6, 6.07) is 7.41. The van der Waals surface area contributed by atoms with Gasteiger partial charge in [0.05, 0.1) is 6.61 Å². The Morgan fingerprint density at radius 2 is 2.03 bits per heavy atom. The Balaban J connectivity index is 0.00000166. The molecule has 1 aromatic carbocycles. The number of ether oxygens (including phenoxy) is 1. The zero-order valence-electron chi connectivity index (χ0n) is 18.8. The van der Waals surface area contributed by atoms with Gasteiger partial charge >= 0.3 is 5.97 Å². The number of hydrogen-bond acceptors (Lipinski definition) is 4. The maximum atomic E-state index is 12.8. The van der Waals surface area contributed by atoms with E-state index in [4.69, 9.17) is 4.74 Å². The molecule has 0 aliphatic carbocycles. The largest absolute Gasteiger partial charge is 0.463 e. The molecule has 0 saturated carbocycles. The number of hydrogen-bond donors (Lipinski definition) is 3. The molecule has 1 aliphatic rings. The van der Waals surface area contributed by atoms with Gasteiger partial charge in [0.15, 0.2) is 0 Å². The number of carbonyl (C=O) groups excluding carboxylic acids is 3. The molecule has 7 heteroatoms. The average molecular weight is 428 g/mol. The SMILES string of the molecule is CC.CCOC(=O)/C=C/[C@H](C[C@@H]1CCNC1=O)NC(=O)c1cc2cc(CC)ccc2[nH]1. The van der Waals surface area contributed by atoms with E-state index in [-0.39, 0.29) is 24.3 Å². The van der Waals surface area contributed by atoms with Crippen LogP contribution in [-0.4, -0.2) is 42.0 Å². The van der Waals surface area contributed by atoms with Crippen LogP contribution in [0.4, 0.5) is 0 Å².